The molecule has 2 rings (SSSR count). The Hall–Kier alpha value is -1.22. The second kappa shape index (κ2) is 6.98. The number of carbonyl (C=O) groups is 1. The number of hydrogen-bond donors (Lipinski definition) is 0. The molecule has 1 unspecified atom stereocenters. The first-order valence-corrected chi connectivity index (χ1v) is 7.64. The number of benzene rings is 1. The third kappa shape index (κ3) is 3.26. The van der Waals surface area contributed by atoms with E-state index in [2.05, 4.69) is 13.8 Å². The largest absolute Gasteiger partial charge is 0.297 e. The lowest BCUT2D eigenvalue weighted by molar-refractivity contribution is -0.128. The van der Waals surface area contributed by atoms with E-state index in [0.717, 1.165) is 18.4 Å². The van der Waals surface area contributed by atoms with Crippen LogP contribution in [-0.2, 0) is 4.79 Å². The molecule has 20 heavy (non-hydrogen) atoms. The molecule has 110 valence electrons. The summed E-state index contributed by atoms with van der Waals surface area (Å²) in [5.41, 5.74) is 0.999. The molecule has 0 aromatic heterocycles. The zero-order valence-corrected chi connectivity index (χ0v) is 12.4. The second-order valence-corrected chi connectivity index (χ2v) is 5.61. The van der Waals surface area contributed by atoms with Crippen molar-refractivity contribution in [3.8, 4) is 0 Å². The minimum atomic E-state index is -0.796. The van der Waals surface area contributed by atoms with Gasteiger partial charge in [0.25, 0.3) is 0 Å². The highest BCUT2D eigenvalue weighted by Crippen LogP contribution is 2.30. The maximum absolute atomic E-state index is 13.5. The first-order valence-electron chi connectivity index (χ1n) is 7.64. The molecule has 1 aliphatic heterocycles. The lowest BCUT2D eigenvalue weighted by atomic mass is 9.89. The Balaban J connectivity index is 2.27. The van der Waals surface area contributed by atoms with Gasteiger partial charge in [-0.3, -0.25) is 9.69 Å². The molecule has 0 radical (unpaired) electrons. The van der Waals surface area contributed by atoms with Gasteiger partial charge in [0, 0.05) is 19.0 Å². The maximum Gasteiger partial charge on any atom is 0.157 e. The van der Waals surface area contributed by atoms with Gasteiger partial charge in [-0.15, -0.1) is 0 Å². The fourth-order valence-corrected chi connectivity index (χ4v) is 3.08. The van der Waals surface area contributed by atoms with Gasteiger partial charge in [-0.2, -0.15) is 0 Å². The van der Waals surface area contributed by atoms with Crippen molar-refractivity contribution in [2.45, 2.75) is 45.3 Å². The summed E-state index contributed by atoms with van der Waals surface area (Å²) in [6.07, 6.45) is 1.45. The average Bonchev–Trinajstić information content (AvgIpc) is 2.88. The van der Waals surface area contributed by atoms with Crippen LogP contribution < -0.4 is 0 Å². The third-order valence-electron chi connectivity index (χ3n) is 4.30. The topological polar surface area (TPSA) is 20.3 Å². The molecule has 1 saturated heterocycles. The molecule has 3 heteroatoms. The van der Waals surface area contributed by atoms with Crippen LogP contribution in [-0.4, -0.2) is 29.9 Å². The third-order valence-corrected chi connectivity index (χ3v) is 4.30. The van der Waals surface area contributed by atoms with Crippen LogP contribution in [0.4, 0.5) is 4.39 Å². The fraction of sp³-hybridized carbons (Fsp3) is 0.588. The Bertz CT molecular complexity index is 430. The van der Waals surface area contributed by atoms with Crippen molar-refractivity contribution in [3.05, 3.63) is 35.9 Å². The number of rotatable bonds is 6. The molecule has 1 heterocycles. The van der Waals surface area contributed by atoms with Gasteiger partial charge in [0.2, 0.25) is 0 Å². The summed E-state index contributed by atoms with van der Waals surface area (Å²) in [6, 6.07) is 9.54. The van der Waals surface area contributed by atoms with Gasteiger partial charge in [0.05, 0.1) is 6.04 Å². The number of ketones is 1. The van der Waals surface area contributed by atoms with Gasteiger partial charge in [-0.1, -0.05) is 44.2 Å². The van der Waals surface area contributed by atoms with Gasteiger partial charge in [0.1, 0.15) is 6.17 Å². The molecule has 0 N–H and O–H groups in total. The van der Waals surface area contributed by atoms with Crippen LogP contribution >= 0.6 is 0 Å². The van der Waals surface area contributed by atoms with E-state index in [1.807, 2.05) is 35.2 Å². The number of hydrogen-bond acceptors (Lipinski definition) is 2. The quantitative estimate of drug-likeness (QED) is 0.788. The molecule has 0 bridgehead atoms. The molecule has 0 aliphatic carbocycles. The van der Waals surface area contributed by atoms with Crippen LogP contribution in [0.15, 0.2) is 30.3 Å². The summed E-state index contributed by atoms with van der Waals surface area (Å²) in [4.78, 5) is 14.9. The highest BCUT2D eigenvalue weighted by molar-refractivity contribution is 5.87. The number of likely N-dealkylation sites (tertiary alicyclic amines) is 1. The Morgan fingerprint density at radius 2 is 1.95 bits per heavy atom. The van der Waals surface area contributed by atoms with E-state index in [-0.39, 0.29) is 17.7 Å². The fourth-order valence-electron chi connectivity index (χ4n) is 3.08. The smallest absolute Gasteiger partial charge is 0.157 e. The first-order chi connectivity index (χ1) is 9.67. The van der Waals surface area contributed by atoms with E-state index in [1.165, 1.54) is 0 Å². The molecule has 1 aromatic rings. The van der Waals surface area contributed by atoms with E-state index < -0.39 is 6.17 Å². The number of nitrogens with zero attached hydrogens (tertiary/aromatic N) is 1. The average molecular weight is 277 g/mol. The number of alkyl halides is 1. The van der Waals surface area contributed by atoms with Crippen LogP contribution in [0.5, 0.6) is 0 Å². The summed E-state index contributed by atoms with van der Waals surface area (Å²) in [5, 5.41) is 0. The molecule has 2 nitrogen and oxygen atoms in total. The summed E-state index contributed by atoms with van der Waals surface area (Å²) in [6.45, 7) is 5.16. The van der Waals surface area contributed by atoms with E-state index in [9.17, 15) is 9.18 Å². The molecule has 1 aromatic carbocycles. The number of Topliss-reactive ketones (excluding diaryl/α,β-unsaturated/α-hetero) is 1. The van der Waals surface area contributed by atoms with E-state index in [0.29, 0.717) is 19.5 Å². The van der Waals surface area contributed by atoms with Crippen molar-refractivity contribution in [3.63, 3.8) is 0 Å². The van der Waals surface area contributed by atoms with Gasteiger partial charge in [-0.05, 0) is 24.8 Å². The zero-order valence-electron chi connectivity index (χ0n) is 12.4. The Morgan fingerprint density at radius 3 is 2.45 bits per heavy atom. The van der Waals surface area contributed by atoms with Crippen molar-refractivity contribution >= 4 is 5.78 Å². The van der Waals surface area contributed by atoms with Crippen LogP contribution in [0.2, 0.25) is 0 Å². The SMILES string of the molecule is CCC(CC)C(=O)C(c1ccccc1)N1CC[C@H](F)C1. The standard InChI is InChI=1S/C17H24FNO/c1-3-13(4-2)17(20)16(14-8-6-5-7-9-14)19-11-10-15(18)12-19/h5-9,13,15-16H,3-4,10-12H2,1-2H3/t15-,16?/m0/s1. The van der Waals surface area contributed by atoms with Crippen molar-refractivity contribution in [2.24, 2.45) is 5.92 Å². The van der Waals surface area contributed by atoms with E-state index >= 15 is 0 Å². The summed E-state index contributed by atoms with van der Waals surface area (Å²) >= 11 is 0. The van der Waals surface area contributed by atoms with Crippen molar-refractivity contribution in [1.29, 1.82) is 0 Å². The van der Waals surface area contributed by atoms with Gasteiger partial charge < -0.3 is 0 Å². The van der Waals surface area contributed by atoms with Gasteiger partial charge in [-0.25, -0.2) is 4.39 Å². The monoisotopic (exact) mass is 277 g/mol. The normalized spacial score (nSPS) is 21.3. The summed E-state index contributed by atoms with van der Waals surface area (Å²) < 4.78 is 13.5. The predicted molar refractivity (Wildman–Crippen MR) is 79.3 cm³/mol. The van der Waals surface area contributed by atoms with Gasteiger partial charge in [0.15, 0.2) is 5.78 Å². The number of carbonyl (C=O) groups excluding carboxylic acids is 1. The minimum Gasteiger partial charge on any atom is -0.297 e. The van der Waals surface area contributed by atoms with Crippen LogP contribution in [0.3, 0.4) is 0 Å². The minimum absolute atomic E-state index is 0.0684. The second-order valence-electron chi connectivity index (χ2n) is 5.61. The highest BCUT2D eigenvalue weighted by atomic mass is 19.1. The zero-order chi connectivity index (χ0) is 14.5. The van der Waals surface area contributed by atoms with Gasteiger partial charge >= 0.3 is 0 Å². The maximum atomic E-state index is 13.5. The molecule has 2 atom stereocenters. The molecule has 0 amide bonds. The molecular formula is C17H24FNO. The molecule has 1 aliphatic rings. The van der Waals surface area contributed by atoms with Crippen LogP contribution in [0.1, 0.15) is 44.7 Å². The summed E-state index contributed by atoms with van der Waals surface area (Å²) in [7, 11) is 0. The van der Waals surface area contributed by atoms with E-state index in [4.69, 9.17) is 0 Å². The van der Waals surface area contributed by atoms with Crippen molar-refractivity contribution in [2.75, 3.05) is 13.1 Å². The van der Waals surface area contributed by atoms with Crippen LogP contribution in [0.25, 0.3) is 0 Å². The molecule has 0 saturated carbocycles. The van der Waals surface area contributed by atoms with Crippen LogP contribution in [0, 0.1) is 5.92 Å². The van der Waals surface area contributed by atoms with Crippen molar-refractivity contribution < 1.29 is 9.18 Å². The highest BCUT2D eigenvalue weighted by Gasteiger charge is 2.35. The molecular weight excluding hydrogens is 253 g/mol. The Labute approximate surface area is 121 Å². The lowest BCUT2D eigenvalue weighted by Crippen LogP contribution is -2.36. The Kier molecular flexibility index (Phi) is 5.30. The summed E-state index contributed by atoms with van der Waals surface area (Å²) in [5.74, 6) is 0.314. The Morgan fingerprint density at radius 1 is 1.30 bits per heavy atom. The number of halogens is 1. The molecule has 1 fully saturated rings. The lowest BCUT2D eigenvalue weighted by Gasteiger charge is -2.29. The van der Waals surface area contributed by atoms with E-state index in [1.54, 1.807) is 0 Å². The van der Waals surface area contributed by atoms with Crippen molar-refractivity contribution in [1.82, 2.24) is 4.90 Å². The predicted octanol–water partition coefficient (Wildman–Crippen LogP) is 3.78. The first kappa shape index (κ1) is 15.2. The molecule has 0 spiro atoms.